The molecule has 6 heteroatoms. The summed E-state index contributed by atoms with van der Waals surface area (Å²) in [5, 5.41) is 4.71. The number of nitrogens with zero attached hydrogens (tertiary/aromatic N) is 2. The highest BCUT2D eigenvalue weighted by molar-refractivity contribution is 5.81. The molecule has 1 fully saturated rings. The van der Waals surface area contributed by atoms with Gasteiger partial charge in [0, 0.05) is 64.1 Å². The molecule has 28 heavy (non-hydrogen) atoms. The number of benzene rings is 1. The first kappa shape index (κ1) is 20.7. The van der Waals surface area contributed by atoms with Crippen LogP contribution < -0.4 is 5.32 Å². The van der Waals surface area contributed by atoms with Crippen molar-refractivity contribution in [2.24, 2.45) is 4.99 Å². The van der Waals surface area contributed by atoms with E-state index in [0.717, 1.165) is 71.0 Å². The molecule has 0 amide bonds. The molecular formula is C22H34N4O2. The van der Waals surface area contributed by atoms with E-state index in [0.29, 0.717) is 6.10 Å². The molecule has 1 aliphatic heterocycles. The summed E-state index contributed by atoms with van der Waals surface area (Å²) >= 11 is 0. The Morgan fingerprint density at radius 3 is 2.82 bits per heavy atom. The van der Waals surface area contributed by atoms with Crippen LogP contribution in [0.3, 0.4) is 0 Å². The number of guanidine groups is 1. The fraction of sp³-hybridized carbons (Fsp3) is 0.591. The van der Waals surface area contributed by atoms with Crippen molar-refractivity contribution in [1.82, 2.24) is 15.2 Å². The molecule has 0 atom stereocenters. The molecule has 0 bridgehead atoms. The Kier molecular flexibility index (Phi) is 8.18. The standard InChI is InChI=1S/C22H34N4O2/c1-3-23-22(26-13-10-20(11-14-26)28-16-6-15-27-2)24-12-9-19-17-18-7-4-5-8-21(18)25-19/h4-5,7-8,17,20,25H,3,6,9-16H2,1-2H3,(H,23,24). The van der Waals surface area contributed by atoms with Crippen LogP contribution in [0.4, 0.5) is 0 Å². The number of ether oxygens (including phenoxy) is 2. The number of fused-ring (bicyclic) bond motifs is 1. The van der Waals surface area contributed by atoms with Crippen LogP contribution in [0, 0.1) is 0 Å². The molecule has 1 aromatic heterocycles. The molecule has 0 radical (unpaired) electrons. The number of hydrogen-bond acceptors (Lipinski definition) is 3. The predicted octanol–water partition coefficient (Wildman–Crippen LogP) is 3.19. The zero-order valence-corrected chi connectivity index (χ0v) is 17.2. The highest BCUT2D eigenvalue weighted by Crippen LogP contribution is 2.16. The Bertz CT molecular complexity index is 702. The van der Waals surface area contributed by atoms with Crippen LogP contribution in [0.5, 0.6) is 0 Å². The number of para-hydroxylation sites is 1. The zero-order chi connectivity index (χ0) is 19.6. The van der Waals surface area contributed by atoms with Gasteiger partial charge in [-0.1, -0.05) is 18.2 Å². The van der Waals surface area contributed by atoms with E-state index in [2.05, 4.69) is 52.5 Å². The number of H-pyrrole nitrogens is 1. The van der Waals surface area contributed by atoms with E-state index in [-0.39, 0.29) is 0 Å². The fourth-order valence-corrected chi connectivity index (χ4v) is 3.66. The van der Waals surface area contributed by atoms with Crippen LogP contribution in [0.25, 0.3) is 10.9 Å². The summed E-state index contributed by atoms with van der Waals surface area (Å²) in [6.07, 6.45) is 4.36. The second-order valence-corrected chi connectivity index (χ2v) is 7.27. The van der Waals surface area contributed by atoms with Crippen molar-refractivity contribution in [2.45, 2.75) is 38.7 Å². The summed E-state index contributed by atoms with van der Waals surface area (Å²) in [4.78, 5) is 10.7. The Morgan fingerprint density at radius 2 is 2.07 bits per heavy atom. The highest BCUT2D eigenvalue weighted by atomic mass is 16.5. The number of likely N-dealkylation sites (tertiary alicyclic amines) is 1. The van der Waals surface area contributed by atoms with Crippen molar-refractivity contribution in [3.63, 3.8) is 0 Å². The summed E-state index contributed by atoms with van der Waals surface area (Å²) in [6, 6.07) is 10.6. The van der Waals surface area contributed by atoms with Gasteiger partial charge in [0.1, 0.15) is 0 Å². The minimum absolute atomic E-state index is 0.363. The lowest BCUT2D eigenvalue weighted by molar-refractivity contribution is 0.00991. The fourth-order valence-electron chi connectivity index (χ4n) is 3.66. The van der Waals surface area contributed by atoms with Gasteiger partial charge in [-0.15, -0.1) is 0 Å². The highest BCUT2D eigenvalue weighted by Gasteiger charge is 2.21. The molecular weight excluding hydrogens is 352 g/mol. The average molecular weight is 387 g/mol. The zero-order valence-electron chi connectivity index (χ0n) is 17.2. The lowest BCUT2D eigenvalue weighted by Gasteiger charge is -2.34. The lowest BCUT2D eigenvalue weighted by Crippen LogP contribution is -2.47. The van der Waals surface area contributed by atoms with Crippen molar-refractivity contribution < 1.29 is 9.47 Å². The molecule has 2 aromatic rings. The van der Waals surface area contributed by atoms with Gasteiger partial charge in [0.05, 0.1) is 6.10 Å². The Labute approximate surface area is 168 Å². The van der Waals surface area contributed by atoms with E-state index >= 15 is 0 Å². The normalized spacial score (nSPS) is 16.1. The molecule has 1 aliphatic rings. The van der Waals surface area contributed by atoms with Crippen LogP contribution >= 0.6 is 0 Å². The largest absolute Gasteiger partial charge is 0.385 e. The van der Waals surface area contributed by atoms with Gasteiger partial charge in [-0.3, -0.25) is 4.99 Å². The molecule has 3 rings (SSSR count). The van der Waals surface area contributed by atoms with Gasteiger partial charge >= 0.3 is 0 Å². The van der Waals surface area contributed by atoms with Gasteiger partial charge < -0.3 is 24.7 Å². The number of hydrogen-bond donors (Lipinski definition) is 2. The van der Waals surface area contributed by atoms with Gasteiger partial charge in [-0.25, -0.2) is 0 Å². The van der Waals surface area contributed by atoms with Crippen LogP contribution in [0.2, 0.25) is 0 Å². The van der Waals surface area contributed by atoms with Gasteiger partial charge in [-0.2, -0.15) is 0 Å². The molecule has 6 nitrogen and oxygen atoms in total. The number of aromatic nitrogens is 1. The van der Waals surface area contributed by atoms with E-state index < -0.39 is 0 Å². The van der Waals surface area contributed by atoms with Gasteiger partial charge in [-0.05, 0) is 43.7 Å². The molecule has 154 valence electrons. The summed E-state index contributed by atoms with van der Waals surface area (Å²) in [5.74, 6) is 1.02. The Morgan fingerprint density at radius 1 is 1.25 bits per heavy atom. The SMILES string of the molecule is CCNC(=NCCc1cc2ccccc2[nH]1)N1CCC(OCCCOC)CC1. The van der Waals surface area contributed by atoms with Crippen molar-refractivity contribution in [3.05, 3.63) is 36.0 Å². The smallest absolute Gasteiger partial charge is 0.193 e. The molecule has 0 aliphatic carbocycles. The summed E-state index contributed by atoms with van der Waals surface area (Å²) in [7, 11) is 1.73. The number of aromatic amines is 1. The first-order valence-corrected chi connectivity index (χ1v) is 10.5. The summed E-state index contributed by atoms with van der Waals surface area (Å²) in [5.41, 5.74) is 2.44. The third kappa shape index (κ3) is 5.97. The number of aliphatic imine (C=N–C) groups is 1. The molecule has 0 spiro atoms. The molecule has 1 saturated heterocycles. The summed E-state index contributed by atoms with van der Waals surface area (Å²) < 4.78 is 11.0. The minimum Gasteiger partial charge on any atom is -0.385 e. The molecule has 2 heterocycles. The number of nitrogens with one attached hydrogen (secondary N) is 2. The van der Waals surface area contributed by atoms with Crippen molar-refractivity contribution in [3.8, 4) is 0 Å². The molecule has 0 saturated carbocycles. The van der Waals surface area contributed by atoms with Crippen LogP contribution in [0.15, 0.2) is 35.3 Å². The monoisotopic (exact) mass is 386 g/mol. The van der Waals surface area contributed by atoms with E-state index in [9.17, 15) is 0 Å². The maximum absolute atomic E-state index is 5.97. The van der Waals surface area contributed by atoms with Crippen LogP contribution in [0.1, 0.15) is 31.9 Å². The van der Waals surface area contributed by atoms with Gasteiger partial charge in [0.15, 0.2) is 5.96 Å². The van der Waals surface area contributed by atoms with Crippen LogP contribution in [-0.2, 0) is 15.9 Å². The summed E-state index contributed by atoms with van der Waals surface area (Å²) in [6.45, 7) is 7.34. The second-order valence-electron chi connectivity index (χ2n) is 7.27. The van der Waals surface area contributed by atoms with E-state index in [1.807, 2.05) is 0 Å². The lowest BCUT2D eigenvalue weighted by atomic mass is 10.1. The maximum Gasteiger partial charge on any atom is 0.193 e. The van der Waals surface area contributed by atoms with E-state index in [4.69, 9.17) is 14.5 Å². The molecule has 0 unspecified atom stereocenters. The topological polar surface area (TPSA) is 61.9 Å². The van der Waals surface area contributed by atoms with E-state index in [1.54, 1.807) is 7.11 Å². The van der Waals surface area contributed by atoms with Crippen molar-refractivity contribution in [1.29, 1.82) is 0 Å². The van der Waals surface area contributed by atoms with E-state index in [1.165, 1.54) is 16.6 Å². The third-order valence-corrected chi connectivity index (χ3v) is 5.15. The predicted molar refractivity (Wildman–Crippen MR) is 115 cm³/mol. The molecule has 2 N–H and O–H groups in total. The second kappa shape index (κ2) is 11.1. The van der Waals surface area contributed by atoms with Crippen LogP contribution in [-0.4, -0.2) is 68.4 Å². The third-order valence-electron chi connectivity index (χ3n) is 5.15. The quantitative estimate of drug-likeness (QED) is 0.395. The first-order chi connectivity index (χ1) is 13.8. The molecule has 1 aromatic carbocycles. The average Bonchev–Trinajstić information content (AvgIpc) is 3.14. The van der Waals surface area contributed by atoms with Crippen molar-refractivity contribution in [2.75, 3.05) is 46.5 Å². The van der Waals surface area contributed by atoms with Crippen molar-refractivity contribution >= 4 is 16.9 Å². The Balaban J connectivity index is 1.47. The van der Waals surface area contributed by atoms with Gasteiger partial charge in [0.25, 0.3) is 0 Å². The Hall–Kier alpha value is -2.05. The minimum atomic E-state index is 0.363. The van der Waals surface area contributed by atoms with Gasteiger partial charge in [0.2, 0.25) is 0 Å². The maximum atomic E-state index is 5.97. The number of methoxy groups -OCH3 is 1. The number of piperidine rings is 1. The number of rotatable bonds is 9. The first-order valence-electron chi connectivity index (χ1n) is 10.5.